The summed E-state index contributed by atoms with van der Waals surface area (Å²) < 4.78 is 2.26. The summed E-state index contributed by atoms with van der Waals surface area (Å²) in [6.07, 6.45) is 11.1. The molecule has 0 aromatic carbocycles. The summed E-state index contributed by atoms with van der Waals surface area (Å²) in [5.74, 6) is -0.161. The molecule has 0 aliphatic heterocycles. The maximum absolute atomic E-state index is 11.7. The lowest BCUT2D eigenvalue weighted by atomic mass is 10.2. The third-order valence-electron chi connectivity index (χ3n) is 3.61. The molecule has 0 saturated heterocycles. The highest BCUT2D eigenvalue weighted by atomic mass is 32.1. The first kappa shape index (κ1) is 13.1. The average molecular weight is 287 g/mol. The van der Waals surface area contributed by atoms with Crippen LogP contribution in [0.15, 0.2) is 41.1 Å². The first-order valence-corrected chi connectivity index (χ1v) is 7.75. The molecule has 0 bridgehead atoms. The number of hydrazone groups is 1. The van der Waals surface area contributed by atoms with E-state index in [1.165, 1.54) is 37.0 Å². The van der Waals surface area contributed by atoms with Gasteiger partial charge in [0.25, 0.3) is 5.91 Å². The number of aromatic nitrogens is 1. The summed E-state index contributed by atoms with van der Waals surface area (Å²) in [4.78, 5) is 12.4. The zero-order valence-corrected chi connectivity index (χ0v) is 12.0. The zero-order valence-electron chi connectivity index (χ0n) is 11.2. The normalized spacial score (nSPS) is 16.0. The molecule has 2 aromatic heterocycles. The Balaban J connectivity index is 1.57. The van der Waals surface area contributed by atoms with Gasteiger partial charge >= 0.3 is 0 Å². The van der Waals surface area contributed by atoms with E-state index in [-0.39, 0.29) is 5.91 Å². The second kappa shape index (κ2) is 6.05. The highest BCUT2D eigenvalue weighted by Crippen LogP contribution is 2.29. The molecule has 0 atom stereocenters. The molecular formula is C15H17N3OS. The molecule has 0 spiro atoms. The fraction of sp³-hybridized carbons (Fsp3) is 0.333. The van der Waals surface area contributed by atoms with Crippen molar-refractivity contribution in [2.45, 2.75) is 31.7 Å². The molecule has 3 rings (SSSR count). The van der Waals surface area contributed by atoms with Crippen LogP contribution in [0.4, 0.5) is 0 Å². The summed E-state index contributed by atoms with van der Waals surface area (Å²) in [5, 5.41) is 5.88. The van der Waals surface area contributed by atoms with E-state index < -0.39 is 0 Å². The van der Waals surface area contributed by atoms with Crippen molar-refractivity contribution in [3.05, 3.63) is 46.4 Å². The van der Waals surface area contributed by atoms with E-state index in [1.54, 1.807) is 12.3 Å². The van der Waals surface area contributed by atoms with Gasteiger partial charge in [0.2, 0.25) is 0 Å². The standard InChI is InChI=1S/C15H17N3OS/c19-15(14-6-3-9-20-14)17-16-10-12-7-8-18(11-12)13-4-1-2-5-13/h3,6-11,13H,1-2,4-5H2,(H,17,19)/b16-10+. The third-order valence-corrected chi connectivity index (χ3v) is 4.48. The smallest absolute Gasteiger partial charge is 0.281 e. The van der Waals surface area contributed by atoms with Crippen molar-refractivity contribution >= 4 is 23.5 Å². The Morgan fingerprint density at radius 3 is 3.00 bits per heavy atom. The summed E-state index contributed by atoms with van der Waals surface area (Å²) in [6, 6.07) is 6.30. The zero-order chi connectivity index (χ0) is 13.8. The SMILES string of the molecule is O=C(N/N=C/c1ccn(C2CCCC2)c1)c1cccs1. The van der Waals surface area contributed by atoms with E-state index in [4.69, 9.17) is 0 Å². The van der Waals surface area contributed by atoms with Crippen LogP contribution in [0.25, 0.3) is 0 Å². The second-order valence-corrected chi connectivity index (χ2v) is 5.95. The minimum absolute atomic E-state index is 0.161. The van der Waals surface area contributed by atoms with Crippen LogP contribution < -0.4 is 5.43 Å². The number of hydrogen-bond acceptors (Lipinski definition) is 3. The van der Waals surface area contributed by atoms with E-state index in [0.29, 0.717) is 10.9 Å². The predicted molar refractivity (Wildman–Crippen MR) is 81.3 cm³/mol. The Labute approximate surface area is 122 Å². The molecule has 1 N–H and O–H groups in total. The Kier molecular flexibility index (Phi) is 3.97. The third kappa shape index (κ3) is 2.99. The number of nitrogens with zero attached hydrogens (tertiary/aromatic N) is 2. The lowest BCUT2D eigenvalue weighted by Gasteiger charge is -2.10. The minimum atomic E-state index is -0.161. The van der Waals surface area contributed by atoms with Gasteiger partial charge in [0.15, 0.2) is 0 Å². The van der Waals surface area contributed by atoms with Gasteiger partial charge in [-0.05, 0) is 30.4 Å². The Bertz CT molecular complexity index is 594. The minimum Gasteiger partial charge on any atom is -0.351 e. The van der Waals surface area contributed by atoms with E-state index in [2.05, 4.69) is 27.5 Å². The van der Waals surface area contributed by atoms with Crippen LogP contribution in [-0.2, 0) is 0 Å². The first-order chi connectivity index (χ1) is 9.83. The molecule has 1 saturated carbocycles. The van der Waals surface area contributed by atoms with Crippen LogP contribution in [-0.4, -0.2) is 16.7 Å². The molecule has 5 heteroatoms. The van der Waals surface area contributed by atoms with Gasteiger partial charge in [0, 0.05) is 24.0 Å². The van der Waals surface area contributed by atoms with Gasteiger partial charge in [0.05, 0.1) is 11.1 Å². The van der Waals surface area contributed by atoms with E-state index >= 15 is 0 Å². The molecule has 104 valence electrons. The summed E-state index contributed by atoms with van der Waals surface area (Å²) in [6.45, 7) is 0. The molecule has 2 aromatic rings. The number of amides is 1. The molecule has 4 nitrogen and oxygen atoms in total. The number of rotatable bonds is 4. The van der Waals surface area contributed by atoms with Crippen molar-refractivity contribution < 1.29 is 4.79 Å². The van der Waals surface area contributed by atoms with Gasteiger partial charge in [-0.2, -0.15) is 5.10 Å². The summed E-state index contributed by atoms with van der Waals surface area (Å²) in [5.41, 5.74) is 3.56. The molecule has 2 heterocycles. The van der Waals surface area contributed by atoms with Crippen LogP contribution in [0.2, 0.25) is 0 Å². The van der Waals surface area contributed by atoms with Crippen LogP contribution in [0.1, 0.15) is 47.0 Å². The fourth-order valence-corrected chi connectivity index (χ4v) is 3.18. The molecular weight excluding hydrogens is 270 g/mol. The predicted octanol–water partition coefficient (Wildman–Crippen LogP) is 3.43. The molecule has 20 heavy (non-hydrogen) atoms. The largest absolute Gasteiger partial charge is 0.351 e. The number of carbonyl (C=O) groups is 1. The highest BCUT2D eigenvalue weighted by Gasteiger charge is 2.15. The van der Waals surface area contributed by atoms with Gasteiger partial charge in [0.1, 0.15) is 0 Å². The lowest BCUT2D eigenvalue weighted by Crippen LogP contribution is -2.15. The number of thiophene rings is 1. The molecule has 1 amide bonds. The van der Waals surface area contributed by atoms with Crippen molar-refractivity contribution in [3.8, 4) is 0 Å². The molecule has 1 aliphatic carbocycles. The van der Waals surface area contributed by atoms with E-state index in [1.807, 2.05) is 17.5 Å². The van der Waals surface area contributed by atoms with Gasteiger partial charge in [-0.3, -0.25) is 4.79 Å². The molecule has 0 unspecified atom stereocenters. The lowest BCUT2D eigenvalue weighted by molar-refractivity contribution is 0.0959. The molecule has 0 radical (unpaired) electrons. The van der Waals surface area contributed by atoms with Crippen molar-refractivity contribution in [2.75, 3.05) is 0 Å². The summed E-state index contributed by atoms with van der Waals surface area (Å²) >= 11 is 1.41. The van der Waals surface area contributed by atoms with Crippen molar-refractivity contribution in [1.29, 1.82) is 0 Å². The van der Waals surface area contributed by atoms with Crippen LogP contribution in [0.3, 0.4) is 0 Å². The maximum Gasteiger partial charge on any atom is 0.281 e. The van der Waals surface area contributed by atoms with Crippen molar-refractivity contribution in [1.82, 2.24) is 9.99 Å². The Morgan fingerprint density at radius 2 is 2.25 bits per heavy atom. The fourth-order valence-electron chi connectivity index (χ4n) is 2.56. The Morgan fingerprint density at radius 1 is 1.40 bits per heavy atom. The van der Waals surface area contributed by atoms with Crippen LogP contribution in [0.5, 0.6) is 0 Å². The van der Waals surface area contributed by atoms with E-state index in [0.717, 1.165) is 5.56 Å². The average Bonchev–Trinajstić information content (AvgIpc) is 3.20. The van der Waals surface area contributed by atoms with Gasteiger partial charge in [-0.15, -0.1) is 11.3 Å². The molecule has 1 aliphatic rings. The Hall–Kier alpha value is -1.88. The van der Waals surface area contributed by atoms with E-state index in [9.17, 15) is 4.79 Å². The number of hydrogen-bond donors (Lipinski definition) is 1. The van der Waals surface area contributed by atoms with Gasteiger partial charge in [-0.25, -0.2) is 5.43 Å². The molecule has 1 fully saturated rings. The number of nitrogens with one attached hydrogen (secondary N) is 1. The summed E-state index contributed by atoms with van der Waals surface area (Å²) in [7, 11) is 0. The first-order valence-electron chi connectivity index (χ1n) is 6.87. The van der Waals surface area contributed by atoms with Crippen LogP contribution in [0, 0.1) is 0 Å². The van der Waals surface area contributed by atoms with Crippen LogP contribution >= 0.6 is 11.3 Å². The second-order valence-electron chi connectivity index (χ2n) is 5.01. The van der Waals surface area contributed by atoms with Gasteiger partial charge < -0.3 is 4.57 Å². The highest BCUT2D eigenvalue weighted by molar-refractivity contribution is 7.12. The number of carbonyl (C=O) groups excluding carboxylic acids is 1. The van der Waals surface area contributed by atoms with Crippen molar-refractivity contribution in [3.63, 3.8) is 0 Å². The van der Waals surface area contributed by atoms with Gasteiger partial charge in [-0.1, -0.05) is 18.9 Å². The van der Waals surface area contributed by atoms with Crippen molar-refractivity contribution in [2.24, 2.45) is 5.10 Å². The maximum atomic E-state index is 11.7. The quantitative estimate of drug-likeness (QED) is 0.679. The topological polar surface area (TPSA) is 46.4 Å². The monoisotopic (exact) mass is 287 g/mol.